The molecule has 2 rings (SSSR count). The van der Waals surface area contributed by atoms with E-state index in [2.05, 4.69) is 5.16 Å². The molecule has 110 valence electrons. The zero-order valence-electron chi connectivity index (χ0n) is 11.4. The predicted molar refractivity (Wildman–Crippen MR) is 83.0 cm³/mol. The summed E-state index contributed by atoms with van der Waals surface area (Å²) in [4.78, 5) is 1.90. The molecule has 0 bridgehead atoms. The normalized spacial score (nSPS) is 11.5. The predicted octanol–water partition coefficient (Wildman–Crippen LogP) is 3.73. The minimum atomic E-state index is -0.308. The van der Waals surface area contributed by atoms with Crippen LogP contribution in [0.1, 0.15) is 12.5 Å². The van der Waals surface area contributed by atoms with E-state index < -0.39 is 0 Å². The van der Waals surface area contributed by atoms with Gasteiger partial charge in [-0.05, 0) is 43.3 Å². The Labute approximate surface area is 127 Å². The van der Waals surface area contributed by atoms with Crippen molar-refractivity contribution in [1.82, 2.24) is 0 Å². The third-order valence-electron chi connectivity index (χ3n) is 3.10. The van der Waals surface area contributed by atoms with E-state index in [0.29, 0.717) is 22.8 Å². The van der Waals surface area contributed by atoms with E-state index in [1.807, 2.05) is 17.9 Å². The Morgan fingerprint density at radius 3 is 2.52 bits per heavy atom. The lowest BCUT2D eigenvalue weighted by Gasteiger charge is -2.26. The van der Waals surface area contributed by atoms with Crippen molar-refractivity contribution >= 4 is 28.8 Å². The molecular weight excluding hydrogens is 293 g/mol. The highest BCUT2D eigenvalue weighted by molar-refractivity contribution is 6.35. The smallest absolute Gasteiger partial charge is 0.173 e. The first-order valence-electron chi connectivity index (χ1n) is 6.38. The number of anilines is 2. The highest BCUT2D eigenvalue weighted by Crippen LogP contribution is 2.32. The van der Waals surface area contributed by atoms with Crippen LogP contribution in [0.4, 0.5) is 15.8 Å². The molecule has 0 spiro atoms. The molecule has 2 aromatic rings. The molecule has 0 fully saturated rings. The van der Waals surface area contributed by atoms with E-state index in [1.54, 1.807) is 24.3 Å². The molecule has 0 saturated heterocycles. The number of benzene rings is 2. The summed E-state index contributed by atoms with van der Waals surface area (Å²) in [6.45, 7) is 2.55. The second-order valence-electron chi connectivity index (χ2n) is 4.34. The van der Waals surface area contributed by atoms with Gasteiger partial charge >= 0.3 is 0 Å². The molecule has 2 aromatic carbocycles. The average Bonchev–Trinajstić information content (AvgIpc) is 2.49. The summed E-state index contributed by atoms with van der Waals surface area (Å²) >= 11 is 6.16. The molecule has 6 heteroatoms. The van der Waals surface area contributed by atoms with Crippen LogP contribution in [-0.4, -0.2) is 17.6 Å². The molecule has 4 nitrogen and oxygen atoms in total. The topological polar surface area (TPSA) is 61.8 Å². The van der Waals surface area contributed by atoms with Crippen molar-refractivity contribution in [3.8, 4) is 0 Å². The van der Waals surface area contributed by atoms with Crippen LogP contribution < -0.4 is 10.6 Å². The van der Waals surface area contributed by atoms with Gasteiger partial charge in [0, 0.05) is 12.2 Å². The van der Waals surface area contributed by atoms with Crippen LogP contribution in [0.25, 0.3) is 0 Å². The first kappa shape index (κ1) is 15.1. The maximum absolute atomic E-state index is 13.1. The van der Waals surface area contributed by atoms with Crippen molar-refractivity contribution in [3.63, 3.8) is 0 Å². The van der Waals surface area contributed by atoms with Gasteiger partial charge in [-0.25, -0.2) is 4.39 Å². The number of amidine groups is 1. The summed E-state index contributed by atoms with van der Waals surface area (Å²) in [6, 6.07) is 11.3. The molecule has 0 atom stereocenters. The van der Waals surface area contributed by atoms with Gasteiger partial charge in [0.1, 0.15) is 5.82 Å². The minimum Gasteiger partial charge on any atom is -0.409 e. The molecule has 0 aromatic heterocycles. The van der Waals surface area contributed by atoms with E-state index in [-0.39, 0.29) is 11.7 Å². The molecule has 3 N–H and O–H groups in total. The van der Waals surface area contributed by atoms with Crippen LogP contribution in [0.3, 0.4) is 0 Å². The second-order valence-corrected chi connectivity index (χ2v) is 4.75. The van der Waals surface area contributed by atoms with Gasteiger partial charge in [-0.2, -0.15) is 0 Å². The fourth-order valence-electron chi connectivity index (χ4n) is 2.15. The highest BCUT2D eigenvalue weighted by Gasteiger charge is 2.17. The lowest BCUT2D eigenvalue weighted by Crippen LogP contribution is -2.22. The standard InChI is InChI=1S/C15H15ClFN3O/c1-2-20(11-8-6-10(17)7-9-11)13-5-3-4-12(16)14(13)15(18)19-21/h3-9,21H,2H2,1H3,(H2,18,19). The lowest BCUT2D eigenvalue weighted by molar-refractivity contribution is 0.318. The Morgan fingerprint density at radius 1 is 1.29 bits per heavy atom. The van der Waals surface area contributed by atoms with Crippen LogP contribution in [0.2, 0.25) is 5.02 Å². The van der Waals surface area contributed by atoms with Gasteiger partial charge in [0.2, 0.25) is 0 Å². The monoisotopic (exact) mass is 307 g/mol. The highest BCUT2D eigenvalue weighted by atomic mass is 35.5. The van der Waals surface area contributed by atoms with Gasteiger partial charge in [0.15, 0.2) is 5.84 Å². The first-order valence-corrected chi connectivity index (χ1v) is 6.75. The summed E-state index contributed by atoms with van der Waals surface area (Å²) in [5.41, 5.74) is 7.63. The zero-order valence-corrected chi connectivity index (χ0v) is 12.2. The molecule has 0 unspecified atom stereocenters. The van der Waals surface area contributed by atoms with Crippen molar-refractivity contribution < 1.29 is 9.60 Å². The fourth-order valence-corrected chi connectivity index (χ4v) is 2.42. The summed E-state index contributed by atoms with van der Waals surface area (Å²) in [5, 5.41) is 12.3. The number of nitrogens with two attached hydrogens (primary N) is 1. The van der Waals surface area contributed by atoms with Gasteiger partial charge in [-0.15, -0.1) is 0 Å². The van der Waals surface area contributed by atoms with Crippen LogP contribution in [0.5, 0.6) is 0 Å². The molecule has 0 amide bonds. The van der Waals surface area contributed by atoms with E-state index in [9.17, 15) is 4.39 Å². The summed E-state index contributed by atoms with van der Waals surface area (Å²) in [5.74, 6) is -0.381. The van der Waals surface area contributed by atoms with Crippen molar-refractivity contribution in [1.29, 1.82) is 0 Å². The Balaban J connectivity index is 2.57. The molecule has 0 aliphatic heterocycles. The number of halogens is 2. The van der Waals surface area contributed by atoms with Gasteiger partial charge < -0.3 is 15.8 Å². The number of hydrogen-bond donors (Lipinski definition) is 2. The molecule has 0 aliphatic rings. The van der Waals surface area contributed by atoms with Crippen LogP contribution >= 0.6 is 11.6 Å². The molecular formula is C15H15ClFN3O. The molecule has 0 radical (unpaired) electrons. The van der Waals surface area contributed by atoms with Crippen molar-refractivity contribution in [2.45, 2.75) is 6.92 Å². The Hall–Kier alpha value is -2.27. The number of nitrogens with zero attached hydrogens (tertiary/aromatic N) is 2. The second kappa shape index (κ2) is 6.45. The van der Waals surface area contributed by atoms with E-state index in [1.165, 1.54) is 12.1 Å². The molecule has 21 heavy (non-hydrogen) atoms. The van der Waals surface area contributed by atoms with Gasteiger partial charge in [0.05, 0.1) is 16.3 Å². The fraction of sp³-hybridized carbons (Fsp3) is 0.133. The summed E-state index contributed by atoms with van der Waals surface area (Å²) in [7, 11) is 0. The lowest BCUT2D eigenvalue weighted by atomic mass is 10.1. The third-order valence-corrected chi connectivity index (χ3v) is 3.42. The summed E-state index contributed by atoms with van der Waals surface area (Å²) in [6.07, 6.45) is 0. The number of hydrogen-bond acceptors (Lipinski definition) is 3. The van der Waals surface area contributed by atoms with Gasteiger partial charge in [-0.1, -0.05) is 22.8 Å². The van der Waals surface area contributed by atoms with E-state index in [0.717, 1.165) is 5.69 Å². The maximum Gasteiger partial charge on any atom is 0.173 e. The number of rotatable bonds is 4. The van der Waals surface area contributed by atoms with Crippen molar-refractivity contribution in [2.24, 2.45) is 10.9 Å². The van der Waals surface area contributed by atoms with Crippen molar-refractivity contribution in [3.05, 3.63) is 58.9 Å². The third kappa shape index (κ3) is 3.08. The van der Waals surface area contributed by atoms with Crippen LogP contribution in [0.15, 0.2) is 47.6 Å². The minimum absolute atomic E-state index is 0.0730. The van der Waals surface area contributed by atoms with Crippen molar-refractivity contribution in [2.75, 3.05) is 11.4 Å². The quantitative estimate of drug-likeness (QED) is 0.391. The zero-order chi connectivity index (χ0) is 15.4. The Bertz CT molecular complexity index is 658. The van der Waals surface area contributed by atoms with Gasteiger partial charge in [0.25, 0.3) is 0 Å². The Kier molecular flexibility index (Phi) is 4.65. The molecule has 0 saturated carbocycles. The number of oxime groups is 1. The summed E-state index contributed by atoms with van der Waals surface area (Å²) < 4.78 is 13.1. The Morgan fingerprint density at radius 2 is 1.95 bits per heavy atom. The van der Waals surface area contributed by atoms with E-state index >= 15 is 0 Å². The first-order chi connectivity index (χ1) is 10.1. The van der Waals surface area contributed by atoms with Crippen LogP contribution in [0, 0.1) is 5.82 Å². The largest absolute Gasteiger partial charge is 0.409 e. The van der Waals surface area contributed by atoms with E-state index in [4.69, 9.17) is 22.5 Å². The molecule has 0 aliphatic carbocycles. The molecule has 0 heterocycles. The van der Waals surface area contributed by atoms with Crippen LogP contribution in [-0.2, 0) is 0 Å². The SMILES string of the molecule is CCN(c1ccc(F)cc1)c1cccc(Cl)c1C(N)=NO. The van der Waals surface area contributed by atoms with Gasteiger partial charge in [-0.3, -0.25) is 0 Å². The average molecular weight is 308 g/mol. The maximum atomic E-state index is 13.1.